The number of carbonyl (C=O) groups excluding carboxylic acids is 2. The maximum Gasteiger partial charge on any atom is 0.332 e. The summed E-state index contributed by atoms with van der Waals surface area (Å²) in [7, 11) is 0. The van der Waals surface area contributed by atoms with E-state index in [0.29, 0.717) is 18.9 Å². The van der Waals surface area contributed by atoms with Crippen LogP contribution in [0, 0.1) is 0 Å². The number of hydrogen-bond donors (Lipinski definition) is 2. The van der Waals surface area contributed by atoms with Crippen LogP contribution in [0.4, 0.5) is 0 Å². The molecule has 1 fully saturated rings. The van der Waals surface area contributed by atoms with Gasteiger partial charge in [-0.1, -0.05) is 0 Å². The highest BCUT2D eigenvalue weighted by molar-refractivity contribution is 5.84. The summed E-state index contributed by atoms with van der Waals surface area (Å²) in [4.78, 5) is 23.1. The lowest BCUT2D eigenvalue weighted by molar-refractivity contribution is -0.142. The molecule has 1 aliphatic rings. The molecule has 114 valence electrons. The summed E-state index contributed by atoms with van der Waals surface area (Å²) in [6.07, 6.45) is 3.34. The monoisotopic (exact) mass is 284 g/mol. The van der Waals surface area contributed by atoms with Crippen molar-refractivity contribution in [2.24, 2.45) is 0 Å². The summed E-state index contributed by atoms with van der Waals surface area (Å²) in [5.41, 5.74) is 0.564. The second-order valence-corrected chi connectivity index (χ2v) is 4.57. The van der Waals surface area contributed by atoms with Crippen LogP contribution in [0.25, 0.3) is 0 Å². The van der Waals surface area contributed by atoms with E-state index in [1.54, 1.807) is 13.8 Å². The highest BCUT2D eigenvalue weighted by atomic mass is 16.5. The summed E-state index contributed by atoms with van der Waals surface area (Å²) in [5, 5.41) is 6.52. The molecule has 0 aromatic heterocycles. The van der Waals surface area contributed by atoms with Crippen molar-refractivity contribution in [3.63, 3.8) is 0 Å². The van der Waals surface area contributed by atoms with E-state index in [1.165, 1.54) is 6.08 Å². The van der Waals surface area contributed by atoms with Gasteiger partial charge in [0.25, 0.3) is 0 Å². The summed E-state index contributed by atoms with van der Waals surface area (Å²) in [5.74, 6) is -0.780. The molecule has 0 unspecified atom stereocenters. The van der Waals surface area contributed by atoms with Crippen molar-refractivity contribution in [3.8, 4) is 0 Å². The first-order chi connectivity index (χ1) is 9.65. The zero-order chi connectivity index (χ0) is 14.8. The van der Waals surface area contributed by atoms with Crippen molar-refractivity contribution >= 4 is 11.9 Å². The second-order valence-electron chi connectivity index (χ2n) is 4.57. The smallest absolute Gasteiger partial charge is 0.332 e. The van der Waals surface area contributed by atoms with Crippen LogP contribution in [0.3, 0.4) is 0 Å². The topological polar surface area (TPSA) is 76.7 Å². The SMILES string of the molecule is CCOC(=O)C=C(CC(=O)OCC)NC1CCNCC1. The summed E-state index contributed by atoms with van der Waals surface area (Å²) < 4.78 is 9.80. The molecule has 6 nitrogen and oxygen atoms in total. The molecule has 6 heteroatoms. The average molecular weight is 284 g/mol. The molecule has 0 spiro atoms. The molecule has 1 saturated heterocycles. The Bertz CT molecular complexity index is 349. The summed E-state index contributed by atoms with van der Waals surface area (Å²) >= 11 is 0. The predicted molar refractivity (Wildman–Crippen MR) is 75.0 cm³/mol. The number of rotatable bonds is 7. The van der Waals surface area contributed by atoms with Crippen LogP contribution >= 0.6 is 0 Å². The third kappa shape index (κ3) is 6.56. The van der Waals surface area contributed by atoms with Gasteiger partial charge in [0.15, 0.2) is 0 Å². The van der Waals surface area contributed by atoms with Crippen molar-refractivity contribution in [1.82, 2.24) is 10.6 Å². The Morgan fingerprint density at radius 2 is 1.85 bits per heavy atom. The van der Waals surface area contributed by atoms with Crippen LogP contribution in [-0.4, -0.2) is 44.3 Å². The van der Waals surface area contributed by atoms with Crippen LogP contribution in [-0.2, 0) is 19.1 Å². The third-order valence-corrected chi connectivity index (χ3v) is 2.95. The minimum Gasteiger partial charge on any atom is -0.466 e. The van der Waals surface area contributed by atoms with Gasteiger partial charge in [-0.2, -0.15) is 0 Å². The Morgan fingerprint density at radius 1 is 1.20 bits per heavy atom. The van der Waals surface area contributed by atoms with E-state index >= 15 is 0 Å². The van der Waals surface area contributed by atoms with E-state index in [1.807, 2.05) is 0 Å². The molecule has 20 heavy (non-hydrogen) atoms. The van der Waals surface area contributed by atoms with Gasteiger partial charge in [-0.15, -0.1) is 0 Å². The summed E-state index contributed by atoms with van der Waals surface area (Å²) in [6.45, 7) is 6.02. The molecule has 0 amide bonds. The number of nitrogens with one attached hydrogen (secondary N) is 2. The lowest BCUT2D eigenvalue weighted by Crippen LogP contribution is -2.40. The van der Waals surface area contributed by atoms with Gasteiger partial charge >= 0.3 is 11.9 Å². The van der Waals surface area contributed by atoms with Gasteiger partial charge in [0.2, 0.25) is 0 Å². The molecular weight excluding hydrogens is 260 g/mol. The Kier molecular flexibility index (Phi) is 7.72. The third-order valence-electron chi connectivity index (χ3n) is 2.95. The van der Waals surface area contributed by atoms with E-state index < -0.39 is 5.97 Å². The molecular formula is C14H24N2O4. The van der Waals surface area contributed by atoms with E-state index in [4.69, 9.17) is 9.47 Å². The van der Waals surface area contributed by atoms with Crippen molar-refractivity contribution in [2.75, 3.05) is 26.3 Å². The average Bonchev–Trinajstić information content (AvgIpc) is 2.40. The molecule has 0 saturated carbocycles. The van der Waals surface area contributed by atoms with Crippen LogP contribution in [0.2, 0.25) is 0 Å². The maximum absolute atomic E-state index is 11.6. The standard InChI is InChI=1S/C14H24N2O4/c1-3-19-13(17)9-12(10-14(18)20-4-2)16-11-5-7-15-8-6-11/h9,11,15-16H,3-8,10H2,1-2H3. The molecule has 1 rings (SSSR count). The van der Waals surface area contributed by atoms with Gasteiger partial charge < -0.3 is 20.1 Å². The van der Waals surface area contributed by atoms with Gasteiger partial charge in [-0.05, 0) is 39.8 Å². The highest BCUT2D eigenvalue weighted by Gasteiger charge is 2.16. The van der Waals surface area contributed by atoms with Gasteiger partial charge in [-0.25, -0.2) is 4.79 Å². The lowest BCUT2D eigenvalue weighted by atomic mass is 10.1. The molecule has 1 heterocycles. The zero-order valence-electron chi connectivity index (χ0n) is 12.2. The highest BCUT2D eigenvalue weighted by Crippen LogP contribution is 2.08. The number of hydrogen-bond acceptors (Lipinski definition) is 6. The molecule has 0 atom stereocenters. The first-order valence-electron chi connectivity index (χ1n) is 7.15. The number of carbonyl (C=O) groups is 2. The van der Waals surface area contributed by atoms with Crippen molar-refractivity contribution in [1.29, 1.82) is 0 Å². The first kappa shape index (κ1) is 16.5. The molecule has 1 aliphatic heterocycles. The van der Waals surface area contributed by atoms with Crippen molar-refractivity contribution in [2.45, 2.75) is 39.2 Å². The quantitative estimate of drug-likeness (QED) is 0.530. The number of esters is 2. The van der Waals surface area contributed by atoms with Crippen molar-refractivity contribution < 1.29 is 19.1 Å². The number of piperidine rings is 1. The molecule has 0 aromatic carbocycles. The molecule has 0 aliphatic carbocycles. The minimum absolute atomic E-state index is 0.0661. The Morgan fingerprint density at radius 3 is 2.45 bits per heavy atom. The van der Waals surface area contributed by atoms with Gasteiger partial charge in [0.05, 0.1) is 19.6 Å². The fourth-order valence-corrected chi connectivity index (χ4v) is 2.07. The largest absolute Gasteiger partial charge is 0.466 e. The van der Waals surface area contributed by atoms with Crippen molar-refractivity contribution in [3.05, 3.63) is 11.8 Å². The van der Waals surface area contributed by atoms with Gasteiger partial charge in [0, 0.05) is 17.8 Å². The van der Waals surface area contributed by atoms with Crippen LogP contribution < -0.4 is 10.6 Å². The fourth-order valence-electron chi connectivity index (χ4n) is 2.07. The molecule has 2 N–H and O–H groups in total. The summed E-state index contributed by atoms with van der Waals surface area (Å²) in [6, 6.07) is 0.270. The lowest BCUT2D eigenvalue weighted by Gasteiger charge is -2.25. The molecule has 0 aromatic rings. The molecule has 0 bridgehead atoms. The first-order valence-corrected chi connectivity index (χ1v) is 7.15. The Labute approximate surface area is 119 Å². The van der Waals surface area contributed by atoms with Gasteiger partial charge in [-0.3, -0.25) is 4.79 Å². The van der Waals surface area contributed by atoms with E-state index in [2.05, 4.69) is 10.6 Å². The Hall–Kier alpha value is -1.56. The number of ether oxygens (including phenoxy) is 2. The van der Waals surface area contributed by atoms with Crippen LogP contribution in [0.1, 0.15) is 33.1 Å². The van der Waals surface area contributed by atoms with Gasteiger partial charge in [0.1, 0.15) is 0 Å². The zero-order valence-corrected chi connectivity index (χ0v) is 12.2. The minimum atomic E-state index is -0.437. The van der Waals surface area contributed by atoms with E-state index in [-0.39, 0.29) is 18.4 Å². The van der Waals surface area contributed by atoms with Crippen LogP contribution in [0.15, 0.2) is 11.8 Å². The second kappa shape index (κ2) is 9.36. The predicted octanol–water partition coefficient (Wildman–Crippen LogP) is 0.728. The maximum atomic E-state index is 11.6. The molecule has 0 radical (unpaired) electrons. The Balaban J connectivity index is 2.61. The fraction of sp³-hybridized carbons (Fsp3) is 0.714. The van der Waals surface area contributed by atoms with E-state index in [0.717, 1.165) is 25.9 Å². The van der Waals surface area contributed by atoms with Crippen LogP contribution in [0.5, 0.6) is 0 Å². The normalized spacial score (nSPS) is 16.6. The van der Waals surface area contributed by atoms with E-state index in [9.17, 15) is 9.59 Å².